The molecule has 2 aromatic rings. The number of nitrogens with zero attached hydrogens (tertiary/aromatic N) is 2. The summed E-state index contributed by atoms with van der Waals surface area (Å²) in [5.74, 6) is 0.870. The number of hydrogen-bond acceptors (Lipinski definition) is 4. The molecule has 2 aliphatic heterocycles. The van der Waals surface area contributed by atoms with Crippen molar-refractivity contribution in [1.29, 1.82) is 0 Å². The Labute approximate surface area is 188 Å². The fraction of sp³-hybridized carbons (Fsp3) is 0.500. The summed E-state index contributed by atoms with van der Waals surface area (Å²) in [5, 5.41) is 5.12. The minimum absolute atomic E-state index is 0.00539. The lowest BCUT2D eigenvalue weighted by molar-refractivity contribution is -0.126. The maximum atomic E-state index is 13.4. The van der Waals surface area contributed by atoms with Gasteiger partial charge in [0.05, 0.1) is 12.2 Å². The summed E-state index contributed by atoms with van der Waals surface area (Å²) < 4.78 is 6.05. The van der Waals surface area contributed by atoms with Crippen LogP contribution in [0.5, 0.6) is 5.75 Å². The Balaban J connectivity index is 1.33. The van der Waals surface area contributed by atoms with E-state index < -0.39 is 0 Å². The summed E-state index contributed by atoms with van der Waals surface area (Å²) in [5.41, 5.74) is 1.95. The molecule has 0 saturated carbocycles. The van der Waals surface area contributed by atoms with Crippen molar-refractivity contribution in [2.24, 2.45) is 5.92 Å². The molecular formula is C24H31N3O3S. The third-order valence-electron chi connectivity index (χ3n) is 6.16. The largest absolute Gasteiger partial charge is 0.486 e. The van der Waals surface area contributed by atoms with Crippen LogP contribution in [0.25, 0.3) is 0 Å². The second-order valence-corrected chi connectivity index (χ2v) is 9.43. The Morgan fingerprint density at radius 1 is 1.23 bits per heavy atom. The molecule has 4 rings (SSSR count). The molecule has 7 heteroatoms. The van der Waals surface area contributed by atoms with Gasteiger partial charge in [0, 0.05) is 30.4 Å². The monoisotopic (exact) mass is 441 g/mol. The lowest BCUT2D eigenvalue weighted by Crippen LogP contribution is -2.52. The Bertz CT molecular complexity index is 907. The molecule has 1 aromatic carbocycles. The highest BCUT2D eigenvalue weighted by Crippen LogP contribution is 2.36. The van der Waals surface area contributed by atoms with E-state index in [1.807, 2.05) is 41.0 Å². The first kappa shape index (κ1) is 21.7. The van der Waals surface area contributed by atoms with Gasteiger partial charge in [-0.3, -0.25) is 9.69 Å². The average molecular weight is 442 g/mol. The number of likely N-dealkylation sites (tertiary alicyclic amines) is 1. The third kappa shape index (κ3) is 5.03. The Morgan fingerprint density at radius 3 is 2.74 bits per heavy atom. The maximum absolute atomic E-state index is 13.4. The van der Waals surface area contributed by atoms with Crippen molar-refractivity contribution in [1.82, 2.24) is 10.2 Å². The van der Waals surface area contributed by atoms with Gasteiger partial charge in [-0.15, -0.1) is 11.3 Å². The molecule has 3 amide bonds. The number of thiophene rings is 1. The van der Waals surface area contributed by atoms with E-state index >= 15 is 0 Å². The Hall–Kier alpha value is -2.54. The zero-order valence-electron chi connectivity index (χ0n) is 18.3. The second kappa shape index (κ2) is 9.73. The molecule has 0 aliphatic carbocycles. The number of ether oxygens (including phenoxy) is 1. The summed E-state index contributed by atoms with van der Waals surface area (Å²) in [6.07, 6.45) is 3.14. The zero-order valence-corrected chi connectivity index (χ0v) is 19.1. The van der Waals surface area contributed by atoms with Crippen molar-refractivity contribution in [2.75, 3.05) is 31.1 Å². The number of benzene rings is 1. The van der Waals surface area contributed by atoms with Crippen LogP contribution < -0.4 is 15.0 Å². The molecule has 1 fully saturated rings. The first-order valence-corrected chi connectivity index (χ1v) is 12.1. The highest BCUT2D eigenvalue weighted by Gasteiger charge is 2.34. The number of carbonyl (C=O) groups excluding carboxylic acids is 2. The molecule has 2 aliphatic rings. The van der Waals surface area contributed by atoms with Gasteiger partial charge in [-0.1, -0.05) is 19.1 Å². The Morgan fingerprint density at radius 2 is 2.03 bits per heavy atom. The van der Waals surface area contributed by atoms with Crippen LogP contribution >= 0.6 is 11.3 Å². The molecule has 6 nitrogen and oxygen atoms in total. The zero-order chi connectivity index (χ0) is 21.8. The number of carbonyl (C=O) groups is 2. The maximum Gasteiger partial charge on any atom is 0.324 e. The number of urea groups is 1. The van der Waals surface area contributed by atoms with Gasteiger partial charge in [0.1, 0.15) is 11.9 Å². The molecule has 3 heterocycles. The lowest BCUT2D eigenvalue weighted by atomic mass is 9.96. The van der Waals surface area contributed by atoms with Crippen molar-refractivity contribution in [3.8, 4) is 5.75 Å². The van der Waals surface area contributed by atoms with Gasteiger partial charge in [0.25, 0.3) is 0 Å². The van der Waals surface area contributed by atoms with E-state index in [1.54, 1.807) is 11.3 Å². The normalized spacial score (nSPS) is 19.0. The van der Waals surface area contributed by atoms with E-state index in [1.165, 1.54) is 4.88 Å². The van der Waals surface area contributed by atoms with Gasteiger partial charge in [-0.2, -0.15) is 0 Å². The molecule has 1 N–H and O–H groups in total. The minimum Gasteiger partial charge on any atom is -0.486 e. The van der Waals surface area contributed by atoms with Crippen molar-refractivity contribution < 1.29 is 14.3 Å². The number of rotatable bonds is 5. The molecule has 0 radical (unpaired) electrons. The van der Waals surface area contributed by atoms with Crippen LogP contribution in [-0.4, -0.2) is 49.1 Å². The van der Waals surface area contributed by atoms with Crippen molar-refractivity contribution in [3.05, 3.63) is 46.2 Å². The lowest BCUT2D eigenvalue weighted by Gasteiger charge is -2.39. The smallest absolute Gasteiger partial charge is 0.324 e. The summed E-state index contributed by atoms with van der Waals surface area (Å²) in [6, 6.07) is 10.1. The number of hydrogen-bond donors (Lipinski definition) is 1. The number of anilines is 1. The predicted molar refractivity (Wildman–Crippen MR) is 124 cm³/mol. The summed E-state index contributed by atoms with van der Waals surface area (Å²) in [7, 11) is 0. The topological polar surface area (TPSA) is 61.9 Å². The number of nitrogens with one attached hydrogen (secondary N) is 1. The van der Waals surface area contributed by atoms with Crippen LogP contribution in [0, 0.1) is 12.8 Å². The standard InChI is InChI=1S/C24H31N3O3S/c1-3-19-16-27(21-15-17(2)6-7-22(21)30-19)24(29)26-12-9-18(10-13-26)23(28)25-11-8-20-5-4-14-31-20/h4-7,14-15,18-19H,3,8-13,16H2,1-2H3,(H,25,28)/t19-/m0/s1. The van der Waals surface area contributed by atoms with Gasteiger partial charge >= 0.3 is 6.03 Å². The first-order chi connectivity index (χ1) is 15.0. The van der Waals surface area contributed by atoms with E-state index in [-0.39, 0.29) is 24.0 Å². The van der Waals surface area contributed by atoms with Crippen LogP contribution in [0.2, 0.25) is 0 Å². The molecule has 0 spiro atoms. The Kier molecular flexibility index (Phi) is 6.80. The fourth-order valence-electron chi connectivity index (χ4n) is 4.26. The van der Waals surface area contributed by atoms with E-state index in [0.29, 0.717) is 39.0 Å². The number of piperidine rings is 1. The fourth-order valence-corrected chi connectivity index (χ4v) is 4.97. The second-order valence-electron chi connectivity index (χ2n) is 8.39. The van der Waals surface area contributed by atoms with Crippen LogP contribution in [0.1, 0.15) is 36.6 Å². The van der Waals surface area contributed by atoms with Crippen LogP contribution in [0.4, 0.5) is 10.5 Å². The highest BCUT2D eigenvalue weighted by atomic mass is 32.1. The van der Waals surface area contributed by atoms with Crippen LogP contribution in [-0.2, 0) is 11.2 Å². The van der Waals surface area contributed by atoms with E-state index in [0.717, 1.165) is 29.8 Å². The van der Waals surface area contributed by atoms with E-state index in [4.69, 9.17) is 4.74 Å². The minimum atomic E-state index is -0.0185. The van der Waals surface area contributed by atoms with Gasteiger partial charge in [-0.25, -0.2) is 4.79 Å². The summed E-state index contributed by atoms with van der Waals surface area (Å²) in [6.45, 7) is 6.55. The van der Waals surface area contributed by atoms with Crippen molar-refractivity contribution >= 4 is 29.0 Å². The van der Waals surface area contributed by atoms with Crippen molar-refractivity contribution in [3.63, 3.8) is 0 Å². The molecule has 1 saturated heterocycles. The van der Waals surface area contributed by atoms with Gasteiger partial charge in [0.15, 0.2) is 0 Å². The SMILES string of the molecule is CC[C@H]1CN(C(=O)N2CCC(C(=O)NCCc3cccs3)CC2)c2cc(C)ccc2O1. The molecule has 0 bridgehead atoms. The molecule has 166 valence electrons. The molecule has 0 unspecified atom stereocenters. The van der Waals surface area contributed by atoms with Crippen molar-refractivity contribution in [2.45, 2.75) is 45.6 Å². The molecular weight excluding hydrogens is 410 g/mol. The van der Waals surface area contributed by atoms with Gasteiger partial charge in [0.2, 0.25) is 5.91 Å². The summed E-state index contributed by atoms with van der Waals surface area (Å²) in [4.78, 5) is 31.0. The third-order valence-corrected chi connectivity index (χ3v) is 7.09. The van der Waals surface area contributed by atoms with Gasteiger partial charge < -0.3 is 15.0 Å². The van der Waals surface area contributed by atoms with E-state index in [2.05, 4.69) is 23.7 Å². The number of aryl methyl sites for hydroxylation is 1. The molecule has 1 atom stereocenters. The molecule has 31 heavy (non-hydrogen) atoms. The summed E-state index contributed by atoms with van der Waals surface area (Å²) >= 11 is 1.72. The number of fused-ring (bicyclic) bond motifs is 1. The first-order valence-electron chi connectivity index (χ1n) is 11.2. The highest BCUT2D eigenvalue weighted by molar-refractivity contribution is 7.09. The van der Waals surface area contributed by atoms with Crippen LogP contribution in [0.15, 0.2) is 35.7 Å². The number of amides is 3. The van der Waals surface area contributed by atoms with E-state index in [9.17, 15) is 9.59 Å². The van der Waals surface area contributed by atoms with Gasteiger partial charge in [-0.05, 0) is 61.7 Å². The van der Waals surface area contributed by atoms with Crippen LogP contribution in [0.3, 0.4) is 0 Å². The quantitative estimate of drug-likeness (QED) is 0.756. The average Bonchev–Trinajstić information content (AvgIpc) is 3.31. The molecule has 1 aromatic heterocycles. The predicted octanol–water partition coefficient (Wildman–Crippen LogP) is 4.22.